The normalized spacial score (nSPS) is 10.8. The molecule has 3 heterocycles. The van der Waals surface area contributed by atoms with Gasteiger partial charge in [-0.05, 0) is 51.1 Å². The zero-order chi connectivity index (χ0) is 23.5. The van der Waals surface area contributed by atoms with Crippen molar-refractivity contribution in [3.63, 3.8) is 0 Å². The summed E-state index contributed by atoms with van der Waals surface area (Å²) in [5.74, 6) is 1.52. The fourth-order valence-electron chi connectivity index (χ4n) is 3.63. The number of benzene rings is 1. The molecule has 0 aliphatic rings. The molecule has 0 aliphatic carbocycles. The molecule has 1 amide bonds. The van der Waals surface area contributed by atoms with E-state index in [9.17, 15) is 4.79 Å². The number of aromatic nitrogens is 3. The highest BCUT2D eigenvalue weighted by Gasteiger charge is 2.22. The van der Waals surface area contributed by atoms with Gasteiger partial charge in [0.2, 0.25) is 0 Å². The van der Waals surface area contributed by atoms with Crippen LogP contribution in [0.25, 0.3) is 22.7 Å². The summed E-state index contributed by atoms with van der Waals surface area (Å²) in [6, 6.07) is 14.9. The van der Waals surface area contributed by atoms with Gasteiger partial charge in [0.05, 0.1) is 7.11 Å². The molecule has 3 N–H and O–H groups in total. The number of methoxy groups -OCH3 is 1. The third-order valence-corrected chi connectivity index (χ3v) is 5.10. The molecule has 168 valence electrons. The summed E-state index contributed by atoms with van der Waals surface area (Å²) in [5.41, 5.74) is 10.4. The number of nitrogen functional groups attached to an aromatic ring is 1. The van der Waals surface area contributed by atoms with Crippen LogP contribution in [-0.2, 0) is 6.54 Å². The molecule has 0 unspecified atom stereocenters. The van der Waals surface area contributed by atoms with Crippen LogP contribution >= 0.6 is 0 Å². The van der Waals surface area contributed by atoms with Crippen molar-refractivity contribution in [2.75, 3.05) is 12.8 Å². The zero-order valence-corrected chi connectivity index (χ0v) is 19.0. The van der Waals surface area contributed by atoms with Gasteiger partial charge in [0.15, 0.2) is 17.3 Å². The maximum absolute atomic E-state index is 13.0. The number of anilines is 1. The summed E-state index contributed by atoms with van der Waals surface area (Å²) in [6.07, 6.45) is 0. The quantitative estimate of drug-likeness (QED) is 0.458. The molecule has 33 heavy (non-hydrogen) atoms. The summed E-state index contributed by atoms with van der Waals surface area (Å²) in [6.45, 7) is 5.91. The van der Waals surface area contributed by atoms with E-state index in [1.165, 1.54) is 0 Å². The van der Waals surface area contributed by atoms with Crippen molar-refractivity contribution in [1.82, 2.24) is 20.3 Å². The molecule has 0 spiro atoms. The fraction of sp³-hybridized carbons (Fsp3) is 0.200. The maximum atomic E-state index is 13.0. The van der Waals surface area contributed by atoms with Crippen molar-refractivity contribution in [3.05, 3.63) is 76.9 Å². The number of nitrogens with two attached hydrogens (primary N) is 1. The van der Waals surface area contributed by atoms with E-state index in [0.717, 1.165) is 28.3 Å². The number of rotatable bonds is 6. The molecule has 3 aromatic heterocycles. The minimum atomic E-state index is -0.433. The Morgan fingerprint density at radius 2 is 1.73 bits per heavy atom. The molecule has 0 radical (unpaired) electrons. The summed E-state index contributed by atoms with van der Waals surface area (Å²) in [5, 5.41) is 2.86. The maximum Gasteiger partial charge on any atom is 0.274 e. The SMILES string of the molecule is COc1ccccc1CNC(=O)c1nc(-c2cc(C)nc(C)c2)c(-c2ccc(C)o2)nc1N. The number of nitrogens with one attached hydrogen (secondary N) is 1. The molecule has 8 heteroatoms. The average molecular weight is 444 g/mol. The first kappa shape index (κ1) is 22.0. The van der Waals surface area contributed by atoms with Crippen LogP contribution in [-0.4, -0.2) is 28.0 Å². The van der Waals surface area contributed by atoms with E-state index < -0.39 is 5.91 Å². The smallest absolute Gasteiger partial charge is 0.274 e. The third kappa shape index (κ3) is 4.69. The van der Waals surface area contributed by atoms with Gasteiger partial charge in [-0.15, -0.1) is 0 Å². The van der Waals surface area contributed by atoms with Crippen LogP contribution in [0.1, 0.15) is 33.2 Å². The van der Waals surface area contributed by atoms with Gasteiger partial charge in [-0.3, -0.25) is 9.78 Å². The number of pyridine rings is 1. The first-order valence-corrected chi connectivity index (χ1v) is 10.5. The molecule has 0 atom stereocenters. The molecule has 1 aromatic carbocycles. The van der Waals surface area contributed by atoms with Gasteiger partial charge in [-0.25, -0.2) is 9.97 Å². The molecular weight excluding hydrogens is 418 g/mol. The number of aryl methyl sites for hydroxylation is 3. The Morgan fingerprint density at radius 1 is 1.00 bits per heavy atom. The molecule has 4 rings (SSSR count). The summed E-state index contributed by atoms with van der Waals surface area (Å²) < 4.78 is 11.1. The second kappa shape index (κ2) is 9.12. The Labute approximate surface area is 191 Å². The number of hydrogen-bond acceptors (Lipinski definition) is 7. The topological polar surface area (TPSA) is 116 Å². The first-order valence-electron chi connectivity index (χ1n) is 10.5. The van der Waals surface area contributed by atoms with Crippen molar-refractivity contribution < 1.29 is 13.9 Å². The highest BCUT2D eigenvalue weighted by molar-refractivity contribution is 5.97. The van der Waals surface area contributed by atoms with Crippen molar-refractivity contribution in [1.29, 1.82) is 0 Å². The second-order valence-corrected chi connectivity index (χ2v) is 7.70. The van der Waals surface area contributed by atoms with Crippen molar-refractivity contribution in [3.8, 4) is 28.5 Å². The summed E-state index contributed by atoms with van der Waals surface area (Å²) >= 11 is 0. The Kier molecular flexibility index (Phi) is 6.08. The van der Waals surface area contributed by atoms with E-state index in [1.807, 2.05) is 69.3 Å². The minimum Gasteiger partial charge on any atom is -0.496 e. The molecule has 0 aliphatic heterocycles. The lowest BCUT2D eigenvalue weighted by Crippen LogP contribution is -2.26. The fourth-order valence-corrected chi connectivity index (χ4v) is 3.63. The van der Waals surface area contributed by atoms with Gasteiger partial charge in [-0.1, -0.05) is 18.2 Å². The first-order chi connectivity index (χ1) is 15.9. The molecule has 0 fully saturated rings. The second-order valence-electron chi connectivity index (χ2n) is 7.70. The van der Waals surface area contributed by atoms with Crippen LogP contribution < -0.4 is 15.8 Å². The number of furan rings is 1. The molecule has 8 nitrogen and oxygen atoms in total. The highest BCUT2D eigenvalue weighted by Crippen LogP contribution is 2.32. The Bertz CT molecular complexity index is 1310. The van der Waals surface area contributed by atoms with Crippen LogP contribution in [0.4, 0.5) is 5.82 Å². The van der Waals surface area contributed by atoms with Gasteiger partial charge in [0.1, 0.15) is 22.9 Å². The van der Waals surface area contributed by atoms with E-state index in [1.54, 1.807) is 7.11 Å². The lowest BCUT2D eigenvalue weighted by molar-refractivity contribution is 0.0946. The van der Waals surface area contributed by atoms with Crippen molar-refractivity contribution in [2.24, 2.45) is 0 Å². The largest absolute Gasteiger partial charge is 0.496 e. The lowest BCUT2D eigenvalue weighted by Gasteiger charge is -2.13. The number of amides is 1. The minimum absolute atomic E-state index is 0.0165. The Hall–Kier alpha value is -4.20. The monoisotopic (exact) mass is 443 g/mol. The summed E-state index contributed by atoms with van der Waals surface area (Å²) in [7, 11) is 1.59. The van der Waals surface area contributed by atoms with E-state index in [4.69, 9.17) is 14.9 Å². The van der Waals surface area contributed by atoms with Crippen LogP contribution in [0, 0.1) is 20.8 Å². The van der Waals surface area contributed by atoms with E-state index in [-0.39, 0.29) is 18.1 Å². The lowest BCUT2D eigenvalue weighted by atomic mass is 10.1. The number of carbonyl (C=O) groups is 1. The Balaban J connectivity index is 1.75. The van der Waals surface area contributed by atoms with Crippen LogP contribution in [0.5, 0.6) is 5.75 Å². The van der Waals surface area contributed by atoms with E-state index in [2.05, 4.69) is 20.3 Å². The number of nitrogens with zero attached hydrogens (tertiary/aromatic N) is 3. The Morgan fingerprint density at radius 3 is 2.39 bits per heavy atom. The number of para-hydroxylation sites is 1. The van der Waals surface area contributed by atoms with Crippen LogP contribution in [0.3, 0.4) is 0 Å². The number of carbonyl (C=O) groups excluding carboxylic acids is 1. The van der Waals surface area contributed by atoms with Crippen LogP contribution in [0.15, 0.2) is 52.9 Å². The van der Waals surface area contributed by atoms with E-state index in [0.29, 0.717) is 22.9 Å². The van der Waals surface area contributed by atoms with Gasteiger partial charge in [0.25, 0.3) is 5.91 Å². The zero-order valence-electron chi connectivity index (χ0n) is 19.0. The van der Waals surface area contributed by atoms with Gasteiger partial charge in [0, 0.05) is 29.1 Å². The van der Waals surface area contributed by atoms with Crippen molar-refractivity contribution >= 4 is 11.7 Å². The van der Waals surface area contributed by atoms with Crippen LogP contribution in [0.2, 0.25) is 0 Å². The molecule has 0 saturated heterocycles. The van der Waals surface area contributed by atoms with E-state index >= 15 is 0 Å². The van der Waals surface area contributed by atoms with Gasteiger partial charge in [-0.2, -0.15) is 0 Å². The average Bonchev–Trinajstić information content (AvgIpc) is 3.22. The molecule has 0 saturated carbocycles. The molecule has 0 bridgehead atoms. The number of hydrogen-bond donors (Lipinski definition) is 2. The predicted molar refractivity (Wildman–Crippen MR) is 126 cm³/mol. The predicted octanol–water partition coefficient (Wildman–Crippen LogP) is 4.24. The van der Waals surface area contributed by atoms with Gasteiger partial charge < -0.3 is 20.2 Å². The molecule has 4 aromatic rings. The highest BCUT2D eigenvalue weighted by atomic mass is 16.5. The summed E-state index contributed by atoms with van der Waals surface area (Å²) in [4.78, 5) is 26.6. The number of ether oxygens (including phenoxy) is 1. The molecular formula is C25H25N5O3. The van der Waals surface area contributed by atoms with Gasteiger partial charge >= 0.3 is 0 Å². The third-order valence-electron chi connectivity index (χ3n) is 5.10. The standard InChI is InChI=1S/C25H25N5O3/c1-14-11-18(12-15(2)28-14)21-22(20-10-9-16(3)33-20)30-24(26)23(29-21)25(31)27-13-17-7-5-6-8-19(17)32-4/h5-12H,13H2,1-4H3,(H2,26,30)(H,27,31). The van der Waals surface area contributed by atoms with Crippen molar-refractivity contribution in [2.45, 2.75) is 27.3 Å².